The summed E-state index contributed by atoms with van der Waals surface area (Å²) in [6.45, 7) is 2.28. The van der Waals surface area contributed by atoms with Crippen LogP contribution in [0.25, 0.3) is 11.4 Å². The van der Waals surface area contributed by atoms with Crippen LogP contribution >= 0.6 is 0 Å². The lowest BCUT2D eigenvalue weighted by atomic mass is 9.79. The minimum Gasteiger partial charge on any atom is -0.259 e. The highest BCUT2D eigenvalue weighted by atomic mass is 15.2. The van der Waals surface area contributed by atoms with E-state index in [2.05, 4.69) is 29.3 Å². The van der Waals surface area contributed by atoms with Gasteiger partial charge in [-0.2, -0.15) is 5.10 Å². The highest BCUT2D eigenvalue weighted by Crippen LogP contribution is 2.36. The number of benzene rings is 1. The number of unbranched alkanes of at least 4 members (excludes halogenated alkanes) is 2. The maximum atomic E-state index is 4.74. The topological polar surface area (TPSA) is 41.6 Å². The molecule has 0 radical (unpaired) electrons. The lowest BCUT2D eigenvalue weighted by Crippen LogP contribution is -2.14. The molecule has 0 unspecified atom stereocenters. The molecule has 0 spiro atoms. The van der Waals surface area contributed by atoms with Gasteiger partial charge in [0.2, 0.25) is 0 Å². The fourth-order valence-electron chi connectivity index (χ4n) is 3.57. The third-order valence-electron chi connectivity index (χ3n) is 4.98. The molecule has 2 aromatic rings. The minimum absolute atomic E-state index is 0.552. The first-order valence-corrected chi connectivity index (χ1v) is 8.84. The third-order valence-corrected chi connectivity index (χ3v) is 4.98. The predicted molar refractivity (Wildman–Crippen MR) is 90.7 cm³/mol. The van der Waals surface area contributed by atoms with Crippen molar-refractivity contribution in [1.29, 1.82) is 0 Å². The van der Waals surface area contributed by atoms with Gasteiger partial charge in [-0.3, -0.25) is 5.10 Å². The molecule has 1 aromatic carbocycles. The number of hydrogen-bond acceptors (Lipinski definition) is 2. The molecular weight excluding hydrogens is 270 g/mol. The number of rotatable bonds is 6. The highest BCUT2D eigenvalue weighted by Gasteiger charge is 2.25. The summed E-state index contributed by atoms with van der Waals surface area (Å²) in [5.41, 5.74) is 1.12. The van der Waals surface area contributed by atoms with E-state index in [9.17, 15) is 0 Å². The van der Waals surface area contributed by atoms with E-state index in [1.54, 1.807) is 0 Å². The molecule has 1 N–H and O–H groups in total. The molecule has 0 aliphatic heterocycles. The summed E-state index contributed by atoms with van der Waals surface area (Å²) in [6, 6.07) is 10.3. The Balaban J connectivity index is 1.55. The normalized spacial score (nSPS) is 21.9. The maximum absolute atomic E-state index is 4.74. The standard InChI is InChI=1S/C19H27N3/c1-2-3-5-8-15-11-13-17(14-12-15)19-20-18(21-22-19)16-9-6-4-7-10-16/h4,6-7,9-10,15,17H,2-3,5,8,11-14H2,1H3,(H,20,21,22). The lowest BCUT2D eigenvalue weighted by Gasteiger charge is -2.26. The van der Waals surface area contributed by atoms with Gasteiger partial charge in [-0.1, -0.05) is 62.9 Å². The van der Waals surface area contributed by atoms with Crippen LogP contribution < -0.4 is 0 Å². The molecule has 3 nitrogen and oxygen atoms in total. The van der Waals surface area contributed by atoms with E-state index in [1.807, 2.05) is 18.2 Å². The SMILES string of the molecule is CCCCCC1CCC(c2n[nH]c(-c3ccccc3)n2)CC1. The van der Waals surface area contributed by atoms with E-state index in [4.69, 9.17) is 4.98 Å². The van der Waals surface area contributed by atoms with Crippen molar-refractivity contribution in [3.05, 3.63) is 36.2 Å². The van der Waals surface area contributed by atoms with Crippen molar-refractivity contribution in [2.45, 2.75) is 64.2 Å². The third kappa shape index (κ3) is 3.76. The number of nitrogens with one attached hydrogen (secondary N) is 1. The molecule has 1 heterocycles. The molecule has 0 atom stereocenters. The number of hydrogen-bond donors (Lipinski definition) is 1. The van der Waals surface area contributed by atoms with Crippen LogP contribution in [-0.4, -0.2) is 15.2 Å². The largest absolute Gasteiger partial charge is 0.259 e. The van der Waals surface area contributed by atoms with Crippen LogP contribution in [-0.2, 0) is 0 Å². The van der Waals surface area contributed by atoms with E-state index >= 15 is 0 Å². The Morgan fingerprint density at radius 2 is 1.82 bits per heavy atom. The molecule has 22 heavy (non-hydrogen) atoms. The van der Waals surface area contributed by atoms with Gasteiger partial charge in [0.25, 0.3) is 0 Å². The first-order chi connectivity index (χ1) is 10.9. The number of nitrogens with zero attached hydrogens (tertiary/aromatic N) is 2. The Bertz CT molecular complexity index is 553. The first kappa shape index (κ1) is 15.3. The first-order valence-electron chi connectivity index (χ1n) is 8.84. The van der Waals surface area contributed by atoms with Crippen molar-refractivity contribution in [2.24, 2.45) is 5.92 Å². The zero-order valence-corrected chi connectivity index (χ0v) is 13.6. The molecule has 0 amide bonds. The van der Waals surface area contributed by atoms with Gasteiger partial charge in [0.1, 0.15) is 0 Å². The van der Waals surface area contributed by atoms with Gasteiger partial charge in [-0.15, -0.1) is 0 Å². The molecule has 1 aliphatic rings. The average Bonchev–Trinajstić information content (AvgIpc) is 3.07. The average molecular weight is 297 g/mol. The van der Waals surface area contributed by atoms with Crippen molar-refractivity contribution >= 4 is 0 Å². The Morgan fingerprint density at radius 3 is 2.55 bits per heavy atom. The van der Waals surface area contributed by atoms with Gasteiger partial charge in [-0.05, 0) is 31.6 Å². The quantitative estimate of drug-likeness (QED) is 0.732. The molecule has 0 bridgehead atoms. The van der Waals surface area contributed by atoms with Crippen LogP contribution in [0, 0.1) is 5.92 Å². The molecule has 1 fully saturated rings. The van der Waals surface area contributed by atoms with Gasteiger partial charge in [-0.25, -0.2) is 4.98 Å². The Hall–Kier alpha value is -1.64. The van der Waals surface area contributed by atoms with E-state index in [-0.39, 0.29) is 0 Å². The van der Waals surface area contributed by atoms with Crippen LogP contribution in [0.2, 0.25) is 0 Å². The number of aromatic amines is 1. The van der Waals surface area contributed by atoms with Crippen LogP contribution in [0.1, 0.15) is 70.0 Å². The van der Waals surface area contributed by atoms with E-state index in [0.29, 0.717) is 5.92 Å². The van der Waals surface area contributed by atoms with Gasteiger partial charge < -0.3 is 0 Å². The Morgan fingerprint density at radius 1 is 1.05 bits per heavy atom. The minimum atomic E-state index is 0.552. The summed E-state index contributed by atoms with van der Waals surface area (Å²) >= 11 is 0. The predicted octanol–water partition coefficient (Wildman–Crippen LogP) is 5.33. The van der Waals surface area contributed by atoms with Crippen molar-refractivity contribution in [3.63, 3.8) is 0 Å². The van der Waals surface area contributed by atoms with Gasteiger partial charge in [0.05, 0.1) is 0 Å². The zero-order valence-electron chi connectivity index (χ0n) is 13.6. The second kappa shape index (κ2) is 7.57. The molecule has 1 aliphatic carbocycles. The van der Waals surface area contributed by atoms with Crippen LogP contribution in [0.3, 0.4) is 0 Å². The Labute approximate surface area is 133 Å². The van der Waals surface area contributed by atoms with Crippen molar-refractivity contribution < 1.29 is 0 Å². The summed E-state index contributed by atoms with van der Waals surface area (Å²) in [4.78, 5) is 4.74. The fourth-order valence-corrected chi connectivity index (χ4v) is 3.57. The second-order valence-electron chi connectivity index (χ2n) is 6.62. The monoisotopic (exact) mass is 297 g/mol. The second-order valence-corrected chi connectivity index (χ2v) is 6.62. The summed E-state index contributed by atoms with van der Waals surface area (Å²) in [7, 11) is 0. The van der Waals surface area contributed by atoms with Crippen LogP contribution in [0.15, 0.2) is 30.3 Å². The summed E-state index contributed by atoms with van der Waals surface area (Å²) in [5.74, 6) is 3.41. The smallest absolute Gasteiger partial charge is 0.155 e. The molecule has 1 saturated carbocycles. The van der Waals surface area contributed by atoms with Crippen LogP contribution in [0.5, 0.6) is 0 Å². The number of H-pyrrole nitrogens is 1. The summed E-state index contributed by atoms with van der Waals surface area (Å²) < 4.78 is 0. The fraction of sp³-hybridized carbons (Fsp3) is 0.579. The summed E-state index contributed by atoms with van der Waals surface area (Å²) in [5, 5.41) is 7.59. The summed E-state index contributed by atoms with van der Waals surface area (Å²) in [6.07, 6.45) is 10.8. The van der Waals surface area contributed by atoms with Gasteiger partial charge >= 0.3 is 0 Å². The van der Waals surface area contributed by atoms with Crippen molar-refractivity contribution in [2.75, 3.05) is 0 Å². The van der Waals surface area contributed by atoms with Crippen molar-refractivity contribution in [1.82, 2.24) is 15.2 Å². The molecule has 3 heteroatoms. The highest BCUT2D eigenvalue weighted by molar-refractivity contribution is 5.53. The van der Waals surface area contributed by atoms with Crippen molar-refractivity contribution in [3.8, 4) is 11.4 Å². The van der Waals surface area contributed by atoms with E-state index in [1.165, 1.54) is 51.4 Å². The molecule has 0 saturated heterocycles. The van der Waals surface area contributed by atoms with E-state index < -0.39 is 0 Å². The molecule has 118 valence electrons. The molecule has 3 rings (SSSR count). The molecule has 1 aromatic heterocycles. The van der Waals surface area contributed by atoms with E-state index in [0.717, 1.165) is 23.1 Å². The Kier molecular flexibility index (Phi) is 5.25. The lowest BCUT2D eigenvalue weighted by molar-refractivity contribution is 0.297. The van der Waals surface area contributed by atoms with Gasteiger partial charge in [0, 0.05) is 11.5 Å². The number of aromatic nitrogens is 3. The zero-order chi connectivity index (χ0) is 15.2. The molecular formula is C19H27N3. The van der Waals surface area contributed by atoms with Gasteiger partial charge in [0.15, 0.2) is 11.6 Å². The maximum Gasteiger partial charge on any atom is 0.155 e. The van der Waals surface area contributed by atoms with Crippen LogP contribution in [0.4, 0.5) is 0 Å².